The van der Waals surface area contributed by atoms with Gasteiger partial charge >= 0.3 is 0 Å². The second-order valence-corrected chi connectivity index (χ2v) is 5.82. The van der Waals surface area contributed by atoms with Crippen LogP contribution in [0.25, 0.3) is 0 Å². The third kappa shape index (κ3) is 12.4. The van der Waals surface area contributed by atoms with Gasteiger partial charge in [-0.25, -0.2) is 8.78 Å². The number of hydrogen-bond donors (Lipinski definition) is 3. The van der Waals surface area contributed by atoms with Crippen molar-refractivity contribution < 1.29 is 13.6 Å². The van der Waals surface area contributed by atoms with E-state index >= 15 is 0 Å². The highest BCUT2D eigenvalue weighted by Crippen LogP contribution is 2.42. The molecule has 2 saturated carbocycles. The second kappa shape index (κ2) is 10.4. The van der Waals surface area contributed by atoms with Crippen molar-refractivity contribution in [1.82, 2.24) is 5.32 Å². The van der Waals surface area contributed by atoms with Crippen LogP contribution in [0.4, 0.5) is 8.78 Å². The van der Waals surface area contributed by atoms with Crippen LogP contribution >= 0.6 is 12.6 Å². The zero-order chi connectivity index (χ0) is 15.6. The molecule has 6 heteroatoms. The van der Waals surface area contributed by atoms with Crippen LogP contribution in [-0.4, -0.2) is 31.2 Å². The van der Waals surface area contributed by atoms with Crippen molar-refractivity contribution in [3.8, 4) is 0 Å². The van der Waals surface area contributed by atoms with Crippen LogP contribution in [0.5, 0.6) is 0 Å². The van der Waals surface area contributed by atoms with E-state index in [1.165, 1.54) is 12.8 Å². The van der Waals surface area contributed by atoms with Crippen LogP contribution in [0.15, 0.2) is 0 Å². The van der Waals surface area contributed by atoms with E-state index in [4.69, 9.17) is 5.73 Å². The zero-order valence-corrected chi connectivity index (χ0v) is 13.4. The lowest BCUT2D eigenvalue weighted by Crippen LogP contribution is -2.15. The fourth-order valence-electron chi connectivity index (χ4n) is 1.00. The molecule has 0 aromatic rings. The first kappa shape index (κ1) is 20.9. The molecule has 2 aliphatic rings. The molecule has 1 amide bonds. The lowest BCUT2D eigenvalue weighted by atomic mass is 10.3. The predicted octanol–water partition coefficient (Wildman–Crippen LogP) is 2.70. The van der Waals surface area contributed by atoms with Crippen molar-refractivity contribution in [3.05, 3.63) is 0 Å². The Bertz CT molecular complexity index is 245. The first-order valence-electron chi connectivity index (χ1n) is 6.63. The van der Waals surface area contributed by atoms with Crippen molar-refractivity contribution in [2.45, 2.75) is 51.2 Å². The number of halogens is 2. The van der Waals surface area contributed by atoms with E-state index < -0.39 is 24.2 Å². The first-order chi connectivity index (χ1) is 8.75. The van der Waals surface area contributed by atoms with Crippen LogP contribution in [0, 0.1) is 11.8 Å². The number of rotatable bonds is 2. The number of nitrogens with two attached hydrogens (primary N) is 1. The molecule has 3 N–H and O–H groups in total. The van der Waals surface area contributed by atoms with Gasteiger partial charge in [-0.1, -0.05) is 20.8 Å². The lowest BCUT2D eigenvalue weighted by Gasteiger charge is -1.91. The maximum atomic E-state index is 11.6. The van der Waals surface area contributed by atoms with Crippen molar-refractivity contribution >= 4 is 18.5 Å². The number of carbonyl (C=O) groups is 1. The molecule has 19 heavy (non-hydrogen) atoms. The number of carbonyl (C=O) groups excluding carboxylic acids is 1. The summed E-state index contributed by atoms with van der Waals surface area (Å²) >= 11 is 4.23. The average Bonchev–Trinajstić information content (AvgIpc) is 3.19. The monoisotopic (exact) mass is 298 g/mol. The standard InChI is InChI=1S/C5H7F2NO.C4H8S.C2H7N.C2H6/c6-4(7)2-1-3(2)5(8)9;1-4(5)2-3-4;1-3-2;1-2/h2-4H,1H2,(H2,8,9);5H,2-3H2,1H3;3H,1-2H3;1-2H3/t2?,3-;;;/m0.../s1. The van der Waals surface area contributed by atoms with E-state index in [0.717, 1.165) is 0 Å². The molecule has 2 fully saturated rings. The molecule has 2 rings (SSSR count). The number of primary amides is 1. The minimum atomic E-state index is -2.37. The second-order valence-electron chi connectivity index (χ2n) is 4.74. The Labute approximate surface area is 121 Å². The minimum Gasteiger partial charge on any atom is -0.369 e. The summed E-state index contributed by atoms with van der Waals surface area (Å²) in [6, 6.07) is 0. The summed E-state index contributed by atoms with van der Waals surface area (Å²) < 4.78 is 23.7. The summed E-state index contributed by atoms with van der Waals surface area (Å²) in [5.41, 5.74) is 4.75. The van der Waals surface area contributed by atoms with Crippen molar-refractivity contribution in [2.75, 3.05) is 14.1 Å². The molecule has 0 saturated heterocycles. The van der Waals surface area contributed by atoms with E-state index in [0.29, 0.717) is 4.75 Å². The molecule has 0 bridgehead atoms. The van der Waals surface area contributed by atoms with Gasteiger partial charge in [0.2, 0.25) is 12.3 Å². The van der Waals surface area contributed by atoms with Crippen molar-refractivity contribution in [1.29, 1.82) is 0 Å². The van der Waals surface area contributed by atoms with Crippen LogP contribution in [-0.2, 0) is 4.79 Å². The van der Waals surface area contributed by atoms with E-state index in [1.54, 1.807) is 0 Å². The molecule has 0 spiro atoms. The normalized spacial score (nSPS) is 24.7. The number of nitrogens with one attached hydrogen (secondary N) is 1. The molecule has 1 unspecified atom stereocenters. The van der Waals surface area contributed by atoms with Gasteiger partial charge in [-0.2, -0.15) is 12.6 Å². The molecule has 2 atom stereocenters. The number of hydrogen-bond acceptors (Lipinski definition) is 3. The van der Waals surface area contributed by atoms with Crippen LogP contribution in [0.2, 0.25) is 0 Å². The Morgan fingerprint density at radius 1 is 1.37 bits per heavy atom. The van der Waals surface area contributed by atoms with Gasteiger partial charge in [0.05, 0.1) is 0 Å². The Balaban J connectivity index is 0. The van der Waals surface area contributed by atoms with E-state index in [-0.39, 0.29) is 6.42 Å². The van der Waals surface area contributed by atoms with E-state index in [2.05, 4.69) is 24.9 Å². The largest absolute Gasteiger partial charge is 0.369 e. The lowest BCUT2D eigenvalue weighted by molar-refractivity contribution is -0.120. The van der Waals surface area contributed by atoms with Crippen molar-refractivity contribution in [2.24, 2.45) is 17.6 Å². The Morgan fingerprint density at radius 3 is 1.74 bits per heavy atom. The summed E-state index contributed by atoms with van der Waals surface area (Å²) in [7, 11) is 3.75. The summed E-state index contributed by atoms with van der Waals surface area (Å²) in [5.74, 6) is -1.90. The molecule has 0 aliphatic heterocycles. The Hall–Kier alpha value is -0.360. The molecular formula is C13H28F2N2OS. The molecule has 0 aromatic heterocycles. The van der Waals surface area contributed by atoms with Gasteiger partial charge in [-0.15, -0.1) is 0 Å². The fraction of sp³-hybridized carbons (Fsp3) is 0.923. The minimum absolute atomic E-state index is 0.271. The smallest absolute Gasteiger partial charge is 0.242 e. The summed E-state index contributed by atoms with van der Waals surface area (Å²) in [5, 5.41) is 2.75. The van der Waals surface area contributed by atoms with Crippen molar-refractivity contribution in [3.63, 3.8) is 0 Å². The highest BCUT2D eigenvalue weighted by atomic mass is 32.1. The van der Waals surface area contributed by atoms with Gasteiger partial charge in [0.25, 0.3) is 0 Å². The Kier molecular flexibility index (Phi) is 11.5. The predicted molar refractivity (Wildman–Crippen MR) is 79.8 cm³/mol. The maximum Gasteiger partial charge on any atom is 0.242 e. The number of amides is 1. The van der Waals surface area contributed by atoms with Gasteiger partial charge < -0.3 is 11.1 Å². The van der Waals surface area contributed by atoms with E-state index in [1.807, 2.05) is 27.9 Å². The first-order valence-corrected chi connectivity index (χ1v) is 7.08. The zero-order valence-electron chi connectivity index (χ0n) is 12.5. The summed E-state index contributed by atoms with van der Waals surface area (Å²) in [6.45, 7) is 6.16. The molecule has 116 valence electrons. The average molecular weight is 298 g/mol. The number of thiol groups is 1. The van der Waals surface area contributed by atoms with Gasteiger partial charge in [-0.05, 0) is 33.4 Å². The fourth-order valence-corrected chi connectivity index (χ4v) is 1.11. The molecule has 0 heterocycles. The third-order valence-corrected chi connectivity index (χ3v) is 2.95. The summed E-state index contributed by atoms with van der Waals surface area (Å²) in [4.78, 5) is 10.2. The van der Waals surface area contributed by atoms with Gasteiger partial charge in [0.15, 0.2) is 0 Å². The molecular weight excluding hydrogens is 270 g/mol. The summed E-state index contributed by atoms with van der Waals surface area (Å²) in [6.07, 6.45) is 0.529. The molecule has 3 nitrogen and oxygen atoms in total. The quantitative estimate of drug-likeness (QED) is 0.687. The van der Waals surface area contributed by atoms with E-state index in [9.17, 15) is 13.6 Å². The van der Waals surface area contributed by atoms with Crippen LogP contribution < -0.4 is 11.1 Å². The van der Waals surface area contributed by atoms with Crippen LogP contribution in [0.3, 0.4) is 0 Å². The van der Waals surface area contributed by atoms with Gasteiger partial charge in [0.1, 0.15) is 0 Å². The highest BCUT2D eigenvalue weighted by molar-refractivity contribution is 7.82. The Morgan fingerprint density at radius 2 is 1.68 bits per heavy atom. The van der Waals surface area contributed by atoms with Crippen LogP contribution in [0.1, 0.15) is 40.0 Å². The van der Waals surface area contributed by atoms with Gasteiger partial charge in [-0.3, -0.25) is 4.79 Å². The van der Waals surface area contributed by atoms with Gasteiger partial charge in [0, 0.05) is 16.6 Å². The molecule has 2 aliphatic carbocycles. The highest BCUT2D eigenvalue weighted by Gasteiger charge is 2.47. The topological polar surface area (TPSA) is 55.1 Å². The number of alkyl halides is 2. The molecule has 0 aromatic carbocycles. The maximum absolute atomic E-state index is 11.6. The SMILES string of the molecule is CC.CC1(S)CC1.CNC.NC(=O)[C@H]1CC1C(F)F. The third-order valence-electron chi connectivity index (χ3n) is 2.50. The molecule has 0 radical (unpaired) electrons.